The number of aliphatic imine (C=N–C) groups is 1. The second-order valence-electron chi connectivity index (χ2n) is 6.08. The first-order valence-corrected chi connectivity index (χ1v) is 9.65. The number of halogens is 1. The first-order chi connectivity index (χ1) is 13.5. The highest BCUT2D eigenvalue weighted by molar-refractivity contribution is 8.15. The van der Waals surface area contributed by atoms with Crippen LogP contribution in [0.4, 0.5) is 15.8 Å². The molecule has 0 spiro atoms. The lowest BCUT2D eigenvalue weighted by molar-refractivity contribution is -0.127. The van der Waals surface area contributed by atoms with Gasteiger partial charge in [-0.25, -0.2) is 9.38 Å². The first-order valence-electron chi connectivity index (χ1n) is 8.77. The van der Waals surface area contributed by atoms with E-state index < -0.39 is 5.25 Å². The Labute approximate surface area is 166 Å². The number of carbonyl (C=O) groups excluding carboxylic acids is 2. The summed E-state index contributed by atoms with van der Waals surface area (Å²) in [4.78, 5) is 30.5. The molecule has 1 aliphatic heterocycles. The van der Waals surface area contributed by atoms with Gasteiger partial charge in [0.2, 0.25) is 11.8 Å². The van der Waals surface area contributed by atoms with Gasteiger partial charge in [0, 0.05) is 19.2 Å². The maximum atomic E-state index is 13.0. The number of carbonyl (C=O) groups is 2. The molecule has 1 heterocycles. The molecule has 1 saturated heterocycles. The number of amides is 2. The van der Waals surface area contributed by atoms with Crippen LogP contribution in [0.5, 0.6) is 5.75 Å². The second kappa shape index (κ2) is 8.88. The van der Waals surface area contributed by atoms with Crippen LogP contribution in [0, 0.1) is 5.82 Å². The van der Waals surface area contributed by atoms with Gasteiger partial charge in [-0.3, -0.25) is 14.5 Å². The van der Waals surface area contributed by atoms with E-state index in [9.17, 15) is 14.0 Å². The van der Waals surface area contributed by atoms with Crippen molar-refractivity contribution in [1.29, 1.82) is 0 Å². The van der Waals surface area contributed by atoms with Gasteiger partial charge in [0.1, 0.15) is 16.8 Å². The van der Waals surface area contributed by atoms with E-state index in [0.29, 0.717) is 23.1 Å². The highest BCUT2D eigenvalue weighted by Gasteiger charge is 2.37. The zero-order valence-corrected chi connectivity index (χ0v) is 16.3. The van der Waals surface area contributed by atoms with Crippen LogP contribution in [0.3, 0.4) is 0 Å². The maximum Gasteiger partial charge on any atom is 0.242 e. The molecule has 1 aliphatic rings. The van der Waals surface area contributed by atoms with Crippen molar-refractivity contribution < 1.29 is 18.7 Å². The third kappa shape index (κ3) is 4.89. The summed E-state index contributed by atoms with van der Waals surface area (Å²) in [7, 11) is 1.61. The molecule has 28 heavy (non-hydrogen) atoms. The van der Waals surface area contributed by atoms with Crippen LogP contribution < -0.4 is 10.1 Å². The van der Waals surface area contributed by atoms with Gasteiger partial charge in [-0.2, -0.15) is 0 Å². The average Bonchev–Trinajstić information content (AvgIpc) is 2.93. The quantitative estimate of drug-likeness (QED) is 0.799. The van der Waals surface area contributed by atoms with Crippen molar-refractivity contribution in [2.75, 3.05) is 19.0 Å². The van der Waals surface area contributed by atoms with Crippen LogP contribution in [0.15, 0.2) is 53.5 Å². The number of anilines is 1. The van der Waals surface area contributed by atoms with Crippen molar-refractivity contribution in [2.24, 2.45) is 4.99 Å². The Hall–Kier alpha value is -2.87. The average molecular weight is 401 g/mol. The Morgan fingerprint density at radius 2 is 1.89 bits per heavy atom. The predicted octanol–water partition coefficient (Wildman–Crippen LogP) is 3.81. The zero-order chi connectivity index (χ0) is 20.1. The van der Waals surface area contributed by atoms with Crippen molar-refractivity contribution in [2.45, 2.75) is 18.6 Å². The molecule has 3 rings (SSSR count). The number of thioether (sulfide) groups is 1. The summed E-state index contributed by atoms with van der Waals surface area (Å²) in [5.74, 6) is -0.0688. The number of hydrogen-bond acceptors (Lipinski definition) is 5. The standard InChI is InChI=1S/C20H20FN3O3S/c1-3-27-16-10-8-14(9-11-16)22-18(25)12-17-19(26)24(2)20(28-17)23-15-6-4-13(21)5-7-15/h4-11,17H,3,12H2,1-2H3,(H,22,25). The Bertz CT molecular complexity index is 885. The molecule has 1 fully saturated rings. The number of rotatable bonds is 6. The van der Waals surface area contributed by atoms with Crippen LogP contribution >= 0.6 is 11.8 Å². The highest BCUT2D eigenvalue weighted by Crippen LogP contribution is 2.31. The zero-order valence-electron chi connectivity index (χ0n) is 15.5. The van der Waals surface area contributed by atoms with E-state index in [-0.39, 0.29) is 24.1 Å². The fourth-order valence-electron chi connectivity index (χ4n) is 2.60. The Kier molecular flexibility index (Phi) is 6.30. The smallest absolute Gasteiger partial charge is 0.242 e. The highest BCUT2D eigenvalue weighted by atomic mass is 32.2. The molecule has 2 aromatic rings. The summed E-state index contributed by atoms with van der Waals surface area (Å²) < 4.78 is 18.4. The normalized spacial score (nSPS) is 17.8. The molecule has 6 nitrogen and oxygen atoms in total. The molecular weight excluding hydrogens is 381 g/mol. The number of nitrogens with zero attached hydrogens (tertiary/aromatic N) is 2. The molecule has 146 valence electrons. The number of hydrogen-bond donors (Lipinski definition) is 1. The maximum absolute atomic E-state index is 13.0. The van der Waals surface area contributed by atoms with Crippen LogP contribution in [-0.2, 0) is 9.59 Å². The van der Waals surface area contributed by atoms with Crippen LogP contribution in [0.1, 0.15) is 13.3 Å². The topological polar surface area (TPSA) is 71.0 Å². The van der Waals surface area contributed by atoms with Gasteiger partial charge >= 0.3 is 0 Å². The van der Waals surface area contributed by atoms with Gasteiger partial charge in [-0.15, -0.1) is 0 Å². The SMILES string of the molecule is CCOc1ccc(NC(=O)CC2SC(=Nc3ccc(F)cc3)N(C)C2=O)cc1. The molecule has 0 aliphatic carbocycles. The van der Waals surface area contributed by atoms with Crippen LogP contribution in [-0.4, -0.2) is 40.8 Å². The number of nitrogens with one attached hydrogen (secondary N) is 1. The van der Waals surface area contributed by atoms with Gasteiger partial charge in [-0.1, -0.05) is 11.8 Å². The van der Waals surface area contributed by atoms with Gasteiger partial charge in [0.05, 0.1) is 12.3 Å². The lowest BCUT2D eigenvalue weighted by Gasteiger charge is -2.10. The third-order valence-electron chi connectivity index (χ3n) is 4.01. The molecule has 2 amide bonds. The van der Waals surface area contributed by atoms with Gasteiger partial charge in [0.15, 0.2) is 5.17 Å². The summed E-state index contributed by atoms with van der Waals surface area (Å²) in [5.41, 5.74) is 1.18. The molecule has 8 heteroatoms. The number of amidine groups is 1. The van der Waals surface area contributed by atoms with Crippen molar-refractivity contribution in [3.8, 4) is 5.75 Å². The summed E-state index contributed by atoms with van der Waals surface area (Å²) in [6.07, 6.45) is 0.0312. The van der Waals surface area contributed by atoms with Crippen LogP contribution in [0.2, 0.25) is 0 Å². The molecule has 1 atom stereocenters. The molecular formula is C20H20FN3O3S. The predicted molar refractivity (Wildman–Crippen MR) is 109 cm³/mol. The number of ether oxygens (including phenoxy) is 1. The Morgan fingerprint density at radius 1 is 1.21 bits per heavy atom. The summed E-state index contributed by atoms with van der Waals surface area (Å²) in [5, 5.41) is 2.72. The molecule has 1 unspecified atom stereocenters. The largest absolute Gasteiger partial charge is 0.494 e. The van der Waals surface area contributed by atoms with Crippen molar-refractivity contribution in [3.63, 3.8) is 0 Å². The fourth-order valence-corrected chi connectivity index (χ4v) is 3.76. The van der Waals surface area contributed by atoms with Gasteiger partial charge < -0.3 is 10.1 Å². The van der Waals surface area contributed by atoms with Crippen molar-refractivity contribution in [3.05, 3.63) is 54.3 Å². The monoisotopic (exact) mass is 401 g/mol. The molecule has 0 radical (unpaired) electrons. The van der Waals surface area contributed by atoms with E-state index in [0.717, 1.165) is 5.75 Å². The fraction of sp³-hybridized carbons (Fsp3) is 0.250. The minimum absolute atomic E-state index is 0.0312. The van der Waals surface area contributed by atoms with E-state index >= 15 is 0 Å². The minimum atomic E-state index is -0.549. The molecule has 1 N–H and O–H groups in total. The summed E-state index contributed by atoms with van der Waals surface area (Å²) in [6.45, 7) is 2.47. The van der Waals surface area contributed by atoms with Crippen molar-refractivity contribution in [1.82, 2.24) is 4.90 Å². The number of benzene rings is 2. The second-order valence-corrected chi connectivity index (χ2v) is 7.25. The van der Waals surface area contributed by atoms with Gasteiger partial charge in [-0.05, 0) is 55.5 Å². The Balaban J connectivity index is 1.61. The molecule has 0 bridgehead atoms. The van der Waals surface area contributed by atoms with Gasteiger partial charge in [0.25, 0.3) is 0 Å². The van der Waals surface area contributed by atoms with E-state index in [1.807, 2.05) is 6.92 Å². The van der Waals surface area contributed by atoms with E-state index in [1.165, 1.54) is 40.9 Å². The van der Waals surface area contributed by atoms with Crippen molar-refractivity contribution >= 4 is 40.1 Å². The summed E-state index contributed by atoms with van der Waals surface area (Å²) in [6, 6.07) is 12.7. The lowest BCUT2D eigenvalue weighted by Crippen LogP contribution is -2.30. The van der Waals surface area contributed by atoms with E-state index in [2.05, 4.69) is 10.3 Å². The molecule has 0 saturated carbocycles. The molecule has 2 aromatic carbocycles. The third-order valence-corrected chi connectivity index (χ3v) is 5.24. The lowest BCUT2D eigenvalue weighted by atomic mass is 10.2. The molecule has 0 aromatic heterocycles. The Morgan fingerprint density at radius 3 is 2.54 bits per heavy atom. The minimum Gasteiger partial charge on any atom is -0.494 e. The van der Waals surface area contributed by atoms with E-state index in [1.54, 1.807) is 31.3 Å². The van der Waals surface area contributed by atoms with Crippen LogP contribution in [0.25, 0.3) is 0 Å². The summed E-state index contributed by atoms with van der Waals surface area (Å²) >= 11 is 1.23. The first kappa shape index (κ1) is 19.9. The van der Waals surface area contributed by atoms with E-state index in [4.69, 9.17) is 4.74 Å².